The monoisotopic (exact) mass is 284 g/mol. The predicted octanol–water partition coefficient (Wildman–Crippen LogP) is 3.04. The Morgan fingerprint density at radius 3 is 2.10 bits per heavy atom. The molecule has 0 atom stereocenters. The summed E-state index contributed by atoms with van der Waals surface area (Å²) in [5.41, 5.74) is 1.74. The van der Waals surface area contributed by atoms with Crippen molar-refractivity contribution in [3.8, 4) is 0 Å². The number of hydrogen-bond acceptors (Lipinski definition) is 5. The van der Waals surface area contributed by atoms with Crippen LogP contribution in [0.25, 0.3) is 11.1 Å². The summed E-state index contributed by atoms with van der Waals surface area (Å²) in [6.45, 7) is 0. The molecule has 0 aliphatic rings. The second kappa shape index (κ2) is 6.74. The maximum atomic E-state index is 5.44. The Balaban J connectivity index is 0.000000161. The molecule has 0 aliphatic carbocycles. The van der Waals surface area contributed by atoms with E-state index in [2.05, 4.69) is 9.97 Å². The minimum atomic E-state index is 0.649. The van der Waals surface area contributed by atoms with Crippen LogP contribution in [0.15, 0.2) is 53.1 Å². The van der Waals surface area contributed by atoms with E-state index in [-0.39, 0.29) is 0 Å². The highest BCUT2D eigenvalue weighted by molar-refractivity contribution is 5.74. The highest BCUT2D eigenvalue weighted by Crippen LogP contribution is 2.19. The molecule has 0 saturated carbocycles. The van der Waals surface area contributed by atoms with Crippen molar-refractivity contribution < 1.29 is 4.42 Å². The minimum Gasteiger partial charge on any atom is -0.423 e. The first kappa shape index (κ1) is 14.8. The molecule has 0 radical (unpaired) electrons. The van der Waals surface area contributed by atoms with E-state index < -0.39 is 0 Å². The number of pyridine rings is 1. The van der Waals surface area contributed by atoms with Crippen LogP contribution in [0.3, 0.4) is 0 Å². The number of aromatic nitrogens is 2. The first-order valence-corrected chi connectivity index (χ1v) is 6.69. The largest absolute Gasteiger partial charge is 0.423 e. The van der Waals surface area contributed by atoms with Crippen molar-refractivity contribution in [1.29, 1.82) is 0 Å². The average molecular weight is 284 g/mol. The molecular weight excluding hydrogens is 264 g/mol. The first-order chi connectivity index (χ1) is 10.1. The molecular formula is C16H20N4O. The molecule has 0 unspecified atom stereocenters. The summed E-state index contributed by atoms with van der Waals surface area (Å²) in [5.74, 6) is 0.998. The smallest absolute Gasteiger partial charge is 0.297 e. The van der Waals surface area contributed by atoms with E-state index in [1.54, 1.807) is 6.20 Å². The Morgan fingerprint density at radius 1 is 0.857 bits per heavy atom. The topological polar surface area (TPSA) is 45.4 Å². The lowest BCUT2D eigenvalue weighted by atomic mass is 10.3. The molecule has 0 aliphatic heterocycles. The summed E-state index contributed by atoms with van der Waals surface area (Å²) in [6.07, 6.45) is 1.79. The molecule has 5 heteroatoms. The lowest BCUT2D eigenvalue weighted by Crippen LogP contribution is -2.09. The normalized spacial score (nSPS) is 9.90. The second-order valence-corrected chi connectivity index (χ2v) is 4.94. The van der Waals surface area contributed by atoms with Crippen LogP contribution in [0.2, 0.25) is 0 Å². The van der Waals surface area contributed by atoms with Gasteiger partial charge in [-0.25, -0.2) is 4.98 Å². The number of anilines is 2. The molecule has 0 amide bonds. The Morgan fingerprint density at radius 2 is 1.57 bits per heavy atom. The Kier molecular flexibility index (Phi) is 4.77. The van der Waals surface area contributed by atoms with Crippen LogP contribution >= 0.6 is 0 Å². The van der Waals surface area contributed by atoms with E-state index in [9.17, 15) is 0 Å². The van der Waals surface area contributed by atoms with E-state index in [0.29, 0.717) is 6.01 Å². The third-order valence-corrected chi connectivity index (χ3v) is 2.77. The van der Waals surface area contributed by atoms with Gasteiger partial charge in [-0.3, -0.25) is 0 Å². The molecule has 0 saturated heterocycles. The van der Waals surface area contributed by atoms with Crippen molar-refractivity contribution in [2.75, 3.05) is 38.0 Å². The number of benzene rings is 1. The maximum absolute atomic E-state index is 5.44. The van der Waals surface area contributed by atoms with Gasteiger partial charge in [0.25, 0.3) is 6.01 Å². The van der Waals surface area contributed by atoms with Gasteiger partial charge in [-0.05, 0) is 24.3 Å². The lowest BCUT2D eigenvalue weighted by Gasteiger charge is -2.08. The Labute approximate surface area is 124 Å². The number of para-hydroxylation sites is 2. The molecule has 2 aromatic heterocycles. The average Bonchev–Trinajstić information content (AvgIpc) is 2.93. The van der Waals surface area contributed by atoms with E-state index in [1.807, 2.05) is 80.5 Å². The van der Waals surface area contributed by atoms with Gasteiger partial charge in [-0.15, -0.1) is 0 Å². The molecule has 21 heavy (non-hydrogen) atoms. The minimum absolute atomic E-state index is 0.649. The van der Waals surface area contributed by atoms with Crippen LogP contribution in [-0.2, 0) is 0 Å². The van der Waals surface area contributed by atoms with Crippen molar-refractivity contribution in [2.24, 2.45) is 0 Å². The summed E-state index contributed by atoms with van der Waals surface area (Å²) in [6, 6.07) is 14.2. The van der Waals surface area contributed by atoms with Gasteiger partial charge in [0, 0.05) is 34.4 Å². The molecule has 2 heterocycles. The summed E-state index contributed by atoms with van der Waals surface area (Å²) in [5, 5.41) is 0. The van der Waals surface area contributed by atoms with Crippen LogP contribution in [0, 0.1) is 0 Å². The van der Waals surface area contributed by atoms with Crippen LogP contribution in [0.5, 0.6) is 0 Å². The first-order valence-electron chi connectivity index (χ1n) is 6.69. The Hall–Kier alpha value is -2.56. The third-order valence-electron chi connectivity index (χ3n) is 2.77. The lowest BCUT2D eigenvalue weighted by molar-refractivity contribution is 0.597. The zero-order valence-corrected chi connectivity index (χ0v) is 12.8. The summed E-state index contributed by atoms with van der Waals surface area (Å²) < 4.78 is 5.44. The van der Waals surface area contributed by atoms with Crippen molar-refractivity contribution in [3.05, 3.63) is 48.7 Å². The van der Waals surface area contributed by atoms with Crippen LogP contribution in [0.1, 0.15) is 0 Å². The summed E-state index contributed by atoms with van der Waals surface area (Å²) >= 11 is 0. The van der Waals surface area contributed by atoms with Gasteiger partial charge in [-0.2, -0.15) is 4.98 Å². The van der Waals surface area contributed by atoms with Crippen LogP contribution in [-0.4, -0.2) is 38.2 Å². The molecule has 0 bridgehead atoms. The number of rotatable bonds is 2. The number of fused-ring (bicyclic) bond motifs is 1. The van der Waals surface area contributed by atoms with E-state index >= 15 is 0 Å². The van der Waals surface area contributed by atoms with Crippen molar-refractivity contribution in [2.45, 2.75) is 0 Å². The highest BCUT2D eigenvalue weighted by Gasteiger charge is 2.04. The molecule has 0 spiro atoms. The van der Waals surface area contributed by atoms with E-state index in [0.717, 1.165) is 16.9 Å². The number of oxazole rings is 1. The quantitative estimate of drug-likeness (QED) is 0.723. The van der Waals surface area contributed by atoms with Crippen LogP contribution in [0.4, 0.5) is 11.8 Å². The maximum Gasteiger partial charge on any atom is 0.297 e. The summed E-state index contributed by atoms with van der Waals surface area (Å²) in [4.78, 5) is 12.2. The fourth-order valence-corrected chi connectivity index (χ4v) is 1.67. The number of nitrogens with zero attached hydrogens (tertiary/aromatic N) is 4. The zero-order chi connectivity index (χ0) is 15.2. The van der Waals surface area contributed by atoms with Gasteiger partial charge in [0.2, 0.25) is 0 Å². The zero-order valence-electron chi connectivity index (χ0n) is 12.8. The van der Waals surface area contributed by atoms with Gasteiger partial charge in [0.05, 0.1) is 0 Å². The van der Waals surface area contributed by atoms with Gasteiger partial charge < -0.3 is 14.2 Å². The fraction of sp³-hybridized carbons (Fsp3) is 0.250. The third kappa shape index (κ3) is 3.95. The summed E-state index contributed by atoms with van der Waals surface area (Å²) in [7, 11) is 7.76. The molecule has 3 rings (SSSR count). The van der Waals surface area contributed by atoms with Gasteiger partial charge >= 0.3 is 0 Å². The van der Waals surface area contributed by atoms with Crippen molar-refractivity contribution >= 4 is 22.9 Å². The predicted molar refractivity (Wildman–Crippen MR) is 86.9 cm³/mol. The Bertz CT molecular complexity index is 644. The molecule has 0 fully saturated rings. The molecule has 0 N–H and O–H groups in total. The fourth-order valence-electron chi connectivity index (χ4n) is 1.67. The molecule has 5 nitrogen and oxygen atoms in total. The van der Waals surface area contributed by atoms with Gasteiger partial charge in [0.1, 0.15) is 11.3 Å². The molecule has 3 aromatic rings. The highest BCUT2D eigenvalue weighted by atomic mass is 16.4. The van der Waals surface area contributed by atoms with E-state index in [1.165, 1.54) is 0 Å². The van der Waals surface area contributed by atoms with Gasteiger partial charge in [0.15, 0.2) is 5.58 Å². The molecule has 1 aromatic carbocycles. The van der Waals surface area contributed by atoms with Crippen LogP contribution < -0.4 is 9.80 Å². The van der Waals surface area contributed by atoms with Crippen molar-refractivity contribution in [1.82, 2.24) is 9.97 Å². The van der Waals surface area contributed by atoms with Gasteiger partial charge in [-0.1, -0.05) is 18.2 Å². The second-order valence-electron chi connectivity index (χ2n) is 4.94. The van der Waals surface area contributed by atoms with E-state index in [4.69, 9.17) is 4.42 Å². The standard InChI is InChI=1S/C9H10N2O.C7H10N2/c1-11(2)9-10-7-5-3-4-6-8(7)12-9;1-9(2)7-5-3-4-6-8-7/h3-6H,1-2H3;3-6H,1-2H3. The van der Waals surface area contributed by atoms with Crippen molar-refractivity contribution in [3.63, 3.8) is 0 Å². The molecule has 110 valence electrons. The number of hydrogen-bond donors (Lipinski definition) is 0. The SMILES string of the molecule is CN(C)c1ccccn1.CN(C)c1nc2ccccc2o1.